The maximum absolute atomic E-state index is 12.4. The summed E-state index contributed by atoms with van der Waals surface area (Å²) in [7, 11) is 0. The number of hydrogen-bond donors (Lipinski definition) is 2. The first-order valence-electron chi connectivity index (χ1n) is 8.20. The summed E-state index contributed by atoms with van der Waals surface area (Å²) in [6.45, 7) is 5.42. The van der Waals surface area contributed by atoms with Crippen molar-refractivity contribution in [1.29, 1.82) is 0 Å². The molecule has 0 heterocycles. The molecular formula is C19H28N2O2. The van der Waals surface area contributed by atoms with Crippen LogP contribution in [0.3, 0.4) is 0 Å². The van der Waals surface area contributed by atoms with Gasteiger partial charge in [0.2, 0.25) is 5.91 Å². The maximum Gasteiger partial charge on any atom is 0.237 e. The third-order valence-electron chi connectivity index (χ3n) is 3.81. The van der Waals surface area contributed by atoms with Gasteiger partial charge in [-0.05, 0) is 51.2 Å². The number of ketones is 1. The molecule has 4 heteroatoms. The Kier molecular flexibility index (Phi) is 8.27. The van der Waals surface area contributed by atoms with Gasteiger partial charge in [0.25, 0.3) is 0 Å². The van der Waals surface area contributed by atoms with Gasteiger partial charge in [0, 0.05) is 6.42 Å². The summed E-state index contributed by atoms with van der Waals surface area (Å²) >= 11 is 0. The molecule has 3 N–H and O–H groups in total. The molecule has 0 radical (unpaired) electrons. The second-order valence-electron chi connectivity index (χ2n) is 5.76. The summed E-state index contributed by atoms with van der Waals surface area (Å²) < 4.78 is 0. The smallest absolute Gasteiger partial charge is 0.237 e. The minimum atomic E-state index is -0.668. The Bertz CT molecular complexity index is 538. The van der Waals surface area contributed by atoms with E-state index in [0.717, 1.165) is 24.0 Å². The van der Waals surface area contributed by atoms with Gasteiger partial charge in [-0.3, -0.25) is 4.79 Å². The highest BCUT2D eigenvalue weighted by atomic mass is 16.2. The Morgan fingerprint density at radius 3 is 2.61 bits per heavy atom. The van der Waals surface area contributed by atoms with Gasteiger partial charge in [-0.1, -0.05) is 36.5 Å². The molecule has 4 nitrogen and oxygen atoms in total. The van der Waals surface area contributed by atoms with Crippen molar-refractivity contribution in [2.24, 2.45) is 5.73 Å². The molecule has 1 rings (SSSR count). The van der Waals surface area contributed by atoms with E-state index in [1.807, 2.05) is 32.1 Å². The summed E-state index contributed by atoms with van der Waals surface area (Å²) in [5.74, 6) is -0.175. The van der Waals surface area contributed by atoms with Gasteiger partial charge < -0.3 is 15.8 Å². The monoisotopic (exact) mass is 316 g/mol. The Hall–Kier alpha value is -1.94. The number of hydrogen-bond acceptors (Lipinski definition) is 3. The van der Waals surface area contributed by atoms with Crippen LogP contribution in [0.4, 0.5) is 0 Å². The van der Waals surface area contributed by atoms with Crippen molar-refractivity contribution in [2.45, 2.75) is 58.5 Å². The SMILES string of the molecule is C/C=C\C(=C/C)C(NC(=O)C(N)CCC(C)=O)C1=CCCC=C1. The van der Waals surface area contributed by atoms with Crippen LogP contribution in [0, 0.1) is 0 Å². The van der Waals surface area contributed by atoms with Crippen LogP contribution in [0.15, 0.2) is 47.6 Å². The van der Waals surface area contributed by atoms with Crippen molar-refractivity contribution < 1.29 is 9.59 Å². The van der Waals surface area contributed by atoms with E-state index in [2.05, 4.69) is 23.5 Å². The second kappa shape index (κ2) is 9.95. The lowest BCUT2D eigenvalue weighted by atomic mass is 9.93. The molecular weight excluding hydrogens is 288 g/mol. The van der Waals surface area contributed by atoms with Gasteiger partial charge in [0.1, 0.15) is 5.78 Å². The number of rotatable bonds is 8. The van der Waals surface area contributed by atoms with Crippen LogP contribution in [0.25, 0.3) is 0 Å². The normalized spacial score (nSPS) is 17.7. The summed E-state index contributed by atoms with van der Waals surface area (Å²) in [5, 5.41) is 3.03. The molecule has 0 bridgehead atoms. The van der Waals surface area contributed by atoms with Crippen LogP contribution < -0.4 is 11.1 Å². The minimum Gasteiger partial charge on any atom is -0.344 e. The highest BCUT2D eigenvalue weighted by Crippen LogP contribution is 2.20. The Balaban J connectivity index is 2.88. The van der Waals surface area contributed by atoms with E-state index in [9.17, 15) is 9.59 Å². The number of Topliss-reactive ketones (excluding diaryl/α,β-unsaturated/α-hetero) is 1. The average Bonchev–Trinajstić information content (AvgIpc) is 2.56. The molecule has 1 amide bonds. The van der Waals surface area contributed by atoms with Crippen molar-refractivity contribution in [3.05, 3.63) is 47.6 Å². The van der Waals surface area contributed by atoms with Crippen LogP contribution in [-0.2, 0) is 9.59 Å². The summed E-state index contributed by atoms with van der Waals surface area (Å²) in [6, 6.07) is -0.873. The van der Waals surface area contributed by atoms with E-state index >= 15 is 0 Å². The lowest BCUT2D eigenvalue weighted by Crippen LogP contribution is -2.46. The molecule has 1 aliphatic carbocycles. The summed E-state index contributed by atoms with van der Waals surface area (Å²) in [6.07, 6.45) is 15.0. The number of carbonyl (C=O) groups excluding carboxylic acids is 2. The first-order chi connectivity index (χ1) is 11.0. The topological polar surface area (TPSA) is 72.2 Å². The molecule has 1 aliphatic rings. The molecule has 0 aromatic carbocycles. The van der Waals surface area contributed by atoms with E-state index in [-0.39, 0.29) is 17.7 Å². The number of nitrogens with two attached hydrogens (primary N) is 1. The summed E-state index contributed by atoms with van der Waals surface area (Å²) in [5.41, 5.74) is 8.02. The van der Waals surface area contributed by atoms with Gasteiger partial charge in [-0.25, -0.2) is 0 Å². The van der Waals surface area contributed by atoms with Crippen molar-refractivity contribution >= 4 is 11.7 Å². The fourth-order valence-corrected chi connectivity index (χ4v) is 2.50. The first-order valence-corrected chi connectivity index (χ1v) is 8.20. The van der Waals surface area contributed by atoms with Gasteiger partial charge >= 0.3 is 0 Å². The maximum atomic E-state index is 12.4. The van der Waals surface area contributed by atoms with E-state index in [0.29, 0.717) is 12.8 Å². The second-order valence-corrected chi connectivity index (χ2v) is 5.76. The molecule has 0 saturated heterocycles. The van der Waals surface area contributed by atoms with E-state index in [4.69, 9.17) is 5.73 Å². The largest absolute Gasteiger partial charge is 0.344 e. The van der Waals surface area contributed by atoms with Gasteiger partial charge in [0.05, 0.1) is 12.1 Å². The zero-order chi connectivity index (χ0) is 17.2. The van der Waals surface area contributed by atoms with Crippen LogP contribution in [0.2, 0.25) is 0 Å². The molecule has 0 aromatic rings. The van der Waals surface area contributed by atoms with Crippen LogP contribution in [0.5, 0.6) is 0 Å². The molecule has 126 valence electrons. The number of carbonyl (C=O) groups is 2. The zero-order valence-electron chi connectivity index (χ0n) is 14.3. The predicted octanol–water partition coefficient (Wildman–Crippen LogP) is 2.97. The quantitative estimate of drug-likeness (QED) is 0.676. The zero-order valence-corrected chi connectivity index (χ0v) is 14.3. The first kappa shape index (κ1) is 19.1. The molecule has 23 heavy (non-hydrogen) atoms. The minimum absolute atomic E-state index is 0.0470. The lowest BCUT2D eigenvalue weighted by Gasteiger charge is -2.24. The van der Waals surface area contributed by atoms with E-state index in [1.54, 1.807) is 0 Å². The molecule has 0 saturated carbocycles. The third-order valence-corrected chi connectivity index (χ3v) is 3.81. The van der Waals surface area contributed by atoms with Gasteiger partial charge in [0.15, 0.2) is 0 Å². The molecule has 0 aliphatic heterocycles. The fourth-order valence-electron chi connectivity index (χ4n) is 2.50. The van der Waals surface area contributed by atoms with Crippen LogP contribution in [-0.4, -0.2) is 23.8 Å². The number of allylic oxidation sites excluding steroid dienone is 4. The highest BCUT2D eigenvalue weighted by Gasteiger charge is 2.22. The third kappa shape index (κ3) is 6.37. The fraction of sp³-hybridized carbons (Fsp3) is 0.474. The van der Waals surface area contributed by atoms with Crippen molar-refractivity contribution in [3.63, 3.8) is 0 Å². The molecule has 2 atom stereocenters. The van der Waals surface area contributed by atoms with E-state index < -0.39 is 6.04 Å². The van der Waals surface area contributed by atoms with E-state index in [1.165, 1.54) is 6.92 Å². The molecule has 0 aromatic heterocycles. The average molecular weight is 316 g/mol. The Morgan fingerprint density at radius 2 is 2.09 bits per heavy atom. The predicted molar refractivity (Wildman–Crippen MR) is 94.8 cm³/mol. The van der Waals surface area contributed by atoms with Crippen LogP contribution >= 0.6 is 0 Å². The standard InChI is InChI=1S/C19H28N2O2/c1-4-9-15(5-2)18(16-10-7-6-8-11-16)21-19(23)17(20)13-12-14(3)22/h4-5,7,9-11,17-18H,6,8,12-13,20H2,1-3H3,(H,21,23)/b9-4-,15-5+. The highest BCUT2D eigenvalue weighted by molar-refractivity contribution is 5.84. The molecule has 0 fully saturated rings. The molecule has 0 spiro atoms. The lowest BCUT2D eigenvalue weighted by molar-refractivity contribution is -0.123. The van der Waals surface area contributed by atoms with Gasteiger partial charge in [-0.15, -0.1) is 0 Å². The number of amides is 1. The number of nitrogens with one attached hydrogen (secondary N) is 1. The van der Waals surface area contributed by atoms with Crippen molar-refractivity contribution in [1.82, 2.24) is 5.32 Å². The van der Waals surface area contributed by atoms with Crippen LogP contribution in [0.1, 0.15) is 46.5 Å². The Labute approximate surface area is 139 Å². The van der Waals surface area contributed by atoms with Crippen molar-refractivity contribution in [2.75, 3.05) is 0 Å². The summed E-state index contributed by atoms with van der Waals surface area (Å²) in [4.78, 5) is 23.4. The molecule has 2 unspecified atom stereocenters. The Morgan fingerprint density at radius 1 is 1.35 bits per heavy atom. The van der Waals surface area contributed by atoms with Gasteiger partial charge in [-0.2, -0.15) is 0 Å². The van der Waals surface area contributed by atoms with Crippen molar-refractivity contribution in [3.8, 4) is 0 Å².